The summed E-state index contributed by atoms with van der Waals surface area (Å²) >= 11 is 1.21. The number of anilines is 1. The number of nitrogen functional groups attached to an aromatic ring is 1. The molecule has 19 heavy (non-hydrogen) atoms. The van der Waals surface area contributed by atoms with E-state index >= 15 is 0 Å². The highest BCUT2D eigenvalue weighted by Gasteiger charge is 2.08. The van der Waals surface area contributed by atoms with Crippen molar-refractivity contribution in [1.82, 2.24) is 0 Å². The molecule has 0 atom stereocenters. The number of rotatable bonds is 4. The smallest absolute Gasteiger partial charge is 0.136 e. The molecule has 2 N–H and O–H groups in total. The maximum absolute atomic E-state index is 13.5. The minimum absolute atomic E-state index is 0.277. The fourth-order valence-electron chi connectivity index (χ4n) is 1.62. The van der Waals surface area contributed by atoms with Crippen molar-refractivity contribution in [1.29, 1.82) is 0 Å². The monoisotopic (exact) mass is 281 g/mol. The average molecular weight is 281 g/mol. The highest BCUT2D eigenvalue weighted by atomic mass is 32.2. The van der Waals surface area contributed by atoms with E-state index in [1.807, 2.05) is 6.07 Å². The summed E-state index contributed by atoms with van der Waals surface area (Å²) in [6, 6.07) is 8.68. The fourth-order valence-corrected chi connectivity index (χ4v) is 2.58. The van der Waals surface area contributed by atoms with Crippen LogP contribution in [0.3, 0.4) is 0 Å². The molecule has 2 aromatic rings. The molecular formula is C14H13F2NOS. The lowest BCUT2D eigenvalue weighted by Crippen LogP contribution is -1.93. The molecule has 2 rings (SSSR count). The molecule has 0 bridgehead atoms. The lowest BCUT2D eigenvalue weighted by atomic mass is 10.2. The van der Waals surface area contributed by atoms with Gasteiger partial charge in [0.1, 0.15) is 17.4 Å². The highest BCUT2D eigenvalue weighted by molar-refractivity contribution is 7.98. The summed E-state index contributed by atoms with van der Waals surface area (Å²) in [5, 5.41) is 0. The number of ether oxygens (including phenoxy) is 1. The van der Waals surface area contributed by atoms with Gasteiger partial charge >= 0.3 is 0 Å². The van der Waals surface area contributed by atoms with Gasteiger partial charge in [-0.25, -0.2) is 8.78 Å². The molecular weight excluding hydrogens is 268 g/mol. The largest absolute Gasteiger partial charge is 0.496 e. The van der Waals surface area contributed by atoms with Crippen molar-refractivity contribution in [3.8, 4) is 5.75 Å². The van der Waals surface area contributed by atoms with E-state index in [-0.39, 0.29) is 4.90 Å². The average Bonchev–Trinajstić information content (AvgIpc) is 2.40. The van der Waals surface area contributed by atoms with Crippen LogP contribution < -0.4 is 10.5 Å². The zero-order valence-electron chi connectivity index (χ0n) is 10.3. The number of nitrogens with two attached hydrogens (primary N) is 1. The van der Waals surface area contributed by atoms with Crippen molar-refractivity contribution in [3.63, 3.8) is 0 Å². The summed E-state index contributed by atoms with van der Waals surface area (Å²) in [6.07, 6.45) is 0. The van der Waals surface area contributed by atoms with Crippen LogP contribution in [-0.2, 0) is 5.75 Å². The number of thioether (sulfide) groups is 1. The van der Waals surface area contributed by atoms with Gasteiger partial charge in [-0.3, -0.25) is 0 Å². The quantitative estimate of drug-likeness (QED) is 0.683. The Morgan fingerprint density at radius 2 is 1.95 bits per heavy atom. The molecule has 0 saturated heterocycles. The van der Waals surface area contributed by atoms with Crippen molar-refractivity contribution in [2.24, 2.45) is 0 Å². The number of methoxy groups -OCH3 is 1. The third-order valence-electron chi connectivity index (χ3n) is 2.59. The third-order valence-corrected chi connectivity index (χ3v) is 3.67. The van der Waals surface area contributed by atoms with Gasteiger partial charge in [0.2, 0.25) is 0 Å². The van der Waals surface area contributed by atoms with Crippen LogP contribution in [0.5, 0.6) is 5.75 Å². The Labute approximate surface area is 114 Å². The highest BCUT2D eigenvalue weighted by Crippen LogP contribution is 2.31. The zero-order valence-corrected chi connectivity index (χ0v) is 11.1. The topological polar surface area (TPSA) is 35.2 Å². The maximum Gasteiger partial charge on any atom is 0.136 e. The van der Waals surface area contributed by atoms with Gasteiger partial charge in [0.25, 0.3) is 0 Å². The molecule has 0 aliphatic carbocycles. The van der Waals surface area contributed by atoms with Crippen molar-refractivity contribution < 1.29 is 13.5 Å². The van der Waals surface area contributed by atoms with Crippen LogP contribution in [0.15, 0.2) is 41.3 Å². The van der Waals surface area contributed by atoms with Crippen LogP contribution in [0.4, 0.5) is 14.5 Å². The van der Waals surface area contributed by atoms with E-state index in [1.165, 1.54) is 17.8 Å². The Balaban J connectivity index is 2.16. The van der Waals surface area contributed by atoms with Crippen molar-refractivity contribution in [2.75, 3.05) is 12.8 Å². The minimum atomic E-state index is -0.451. The molecule has 2 nitrogen and oxygen atoms in total. The van der Waals surface area contributed by atoms with E-state index in [2.05, 4.69) is 0 Å². The summed E-state index contributed by atoms with van der Waals surface area (Å²) in [5.41, 5.74) is 7.14. The Bertz CT molecular complexity index is 590. The van der Waals surface area contributed by atoms with Gasteiger partial charge in [-0.15, -0.1) is 11.8 Å². The van der Waals surface area contributed by atoms with E-state index in [0.717, 1.165) is 17.7 Å². The molecule has 0 heterocycles. The second-order valence-corrected chi connectivity index (χ2v) is 4.95. The molecule has 0 aliphatic heterocycles. The number of halogens is 2. The Morgan fingerprint density at radius 3 is 2.68 bits per heavy atom. The Morgan fingerprint density at radius 1 is 1.16 bits per heavy atom. The second kappa shape index (κ2) is 5.93. The molecule has 0 radical (unpaired) electrons. The van der Waals surface area contributed by atoms with Crippen LogP contribution in [0, 0.1) is 11.6 Å². The number of hydrogen-bond acceptors (Lipinski definition) is 3. The summed E-state index contributed by atoms with van der Waals surface area (Å²) in [4.78, 5) is 0.277. The predicted molar refractivity (Wildman–Crippen MR) is 73.3 cm³/mol. The number of hydrogen-bond donors (Lipinski definition) is 1. The second-order valence-electron chi connectivity index (χ2n) is 3.93. The van der Waals surface area contributed by atoms with Gasteiger partial charge < -0.3 is 10.5 Å². The van der Waals surface area contributed by atoms with Gasteiger partial charge in [-0.1, -0.05) is 6.07 Å². The molecule has 5 heteroatoms. The SMILES string of the molecule is COc1cc(N)ccc1CSc1cc(F)ccc1F. The molecule has 0 aliphatic rings. The fraction of sp³-hybridized carbons (Fsp3) is 0.143. The normalized spacial score (nSPS) is 10.5. The van der Waals surface area contributed by atoms with Crippen LogP contribution in [0.2, 0.25) is 0 Å². The van der Waals surface area contributed by atoms with Gasteiger partial charge in [0.15, 0.2) is 0 Å². The standard InChI is InChI=1S/C14H13F2NOS/c1-18-13-7-11(17)4-2-9(13)8-19-14-6-10(15)3-5-12(14)16/h2-7H,8,17H2,1H3. The molecule has 0 spiro atoms. The Hall–Kier alpha value is -1.75. The number of benzene rings is 2. The molecule has 100 valence electrons. The van der Waals surface area contributed by atoms with Crippen molar-refractivity contribution in [2.45, 2.75) is 10.6 Å². The van der Waals surface area contributed by atoms with Gasteiger partial charge in [-0.2, -0.15) is 0 Å². The van der Waals surface area contributed by atoms with E-state index in [9.17, 15) is 8.78 Å². The molecule has 0 saturated carbocycles. The van der Waals surface area contributed by atoms with E-state index in [0.29, 0.717) is 17.2 Å². The summed E-state index contributed by atoms with van der Waals surface area (Å²) < 4.78 is 31.7. The van der Waals surface area contributed by atoms with E-state index in [4.69, 9.17) is 10.5 Å². The third kappa shape index (κ3) is 3.38. The maximum atomic E-state index is 13.5. The summed E-state index contributed by atoms with van der Waals surface area (Å²) in [7, 11) is 1.55. The lowest BCUT2D eigenvalue weighted by molar-refractivity contribution is 0.411. The first-order valence-corrected chi connectivity index (χ1v) is 6.59. The first-order valence-electron chi connectivity index (χ1n) is 5.60. The molecule has 0 aromatic heterocycles. The first-order chi connectivity index (χ1) is 9.10. The van der Waals surface area contributed by atoms with Crippen LogP contribution in [0.25, 0.3) is 0 Å². The van der Waals surface area contributed by atoms with Gasteiger partial charge in [0, 0.05) is 28.0 Å². The lowest BCUT2D eigenvalue weighted by Gasteiger charge is -2.09. The van der Waals surface area contributed by atoms with Crippen LogP contribution in [-0.4, -0.2) is 7.11 Å². The van der Waals surface area contributed by atoms with Crippen LogP contribution in [0.1, 0.15) is 5.56 Å². The molecule has 0 fully saturated rings. The minimum Gasteiger partial charge on any atom is -0.496 e. The van der Waals surface area contributed by atoms with Crippen LogP contribution >= 0.6 is 11.8 Å². The van der Waals surface area contributed by atoms with Crippen molar-refractivity contribution >= 4 is 17.4 Å². The molecule has 0 amide bonds. The summed E-state index contributed by atoms with van der Waals surface area (Å²) in [5.74, 6) is 0.238. The molecule has 2 aromatic carbocycles. The van der Waals surface area contributed by atoms with E-state index in [1.54, 1.807) is 19.2 Å². The Kier molecular flexibility index (Phi) is 4.27. The summed E-state index contributed by atoms with van der Waals surface area (Å²) in [6.45, 7) is 0. The zero-order chi connectivity index (χ0) is 13.8. The first kappa shape index (κ1) is 13.7. The van der Waals surface area contributed by atoms with Crippen molar-refractivity contribution in [3.05, 3.63) is 53.6 Å². The predicted octanol–water partition coefficient (Wildman–Crippen LogP) is 3.85. The molecule has 0 unspecified atom stereocenters. The van der Waals surface area contributed by atoms with E-state index < -0.39 is 11.6 Å². The van der Waals surface area contributed by atoms with Gasteiger partial charge in [0.05, 0.1) is 7.11 Å². The van der Waals surface area contributed by atoms with Gasteiger partial charge in [-0.05, 0) is 24.3 Å².